The molecule has 0 aliphatic carbocycles. The van der Waals surface area contributed by atoms with Crippen molar-refractivity contribution in [2.75, 3.05) is 36.3 Å². The minimum absolute atomic E-state index is 0.0131. The highest BCUT2D eigenvalue weighted by Gasteiger charge is 2.31. The van der Waals surface area contributed by atoms with Crippen LogP contribution >= 0.6 is 23.5 Å². The van der Waals surface area contributed by atoms with E-state index in [1.165, 1.54) is 0 Å². The summed E-state index contributed by atoms with van der Waals surface area (Å²) >= 11 is 3.53. The molecule has 3 N–H and O–H groups in total. The fourth-order valence-electron chi connectivity index (χ4n) is 2.88. The monoisotopic (exact) mass is 330 g/mol. The van der Waals surface area contributed by atoms with Crippen molar-refractivity contribution in [1.82, 2.24) is 20.9 Å². The van der Waals surface area contributed by atoms with Gasteiger partial charge in [0.05, 0.1) is 12.1 Å². The molecule has 118 valence electrons. The summed E-state index contributed by atoms with van der Waals surface area (Å²) in [5.41, 5.74) is 0. The smallest absolute Gasteiger partial charge is 0.240 e. The molecule has 3 heterocycles. The molecule has 0 aromatic heterocycles. The number of rotatable bonds is 3. The highest BCUT2D eigenvalue weighted by atomic mass is 32.2. The molecule has 0 bridgehead atoms. The highest BCUT2D eigenvalue weighted by Crippen LogP contribution is 2.17. The minimum atomic E-state index is -0.0469. The first-order valence-corrected chi connectivity index (χ1v) is 9.76. The van der Waals surface area contributed by atoms with Crippen molar-refractivity contribution < 1.29 is 9.59 Å². The van der Waals surface area contributed by atoms with Crippen LogP contribution in [0, 0.1) is 0 Å². The first-order chi connectivity index (χ1) is 10.2. The number of piperidine rings is 1. The van der Waals surface area contributed by atoms with Crippen molar-refractivity contribution in [3.05, 3.63) is 0 Å². The normalized spacial score (nSPS) is 30.6. The summed E-state index contributed by atoms with van der Waals surface area (Å²) in [7, 11) is 0. The van der Waals surface area contributed by atoms with Gasteiger partial charge < -0.3 is 10.2 Å². The number of likely N-dealkylation sites (tertiary alicyclic amines) is 1. The van der Waals surface area contributed by atoms with Crippen molar-refractivity contribution in [2.24, 2.45) is 0 Å². The average Bonchev–Trinajstić information content (AvgIpc) is 3.20. The van der Waals surface area contributed by atoms with Gasteiger partial charge in [-0.05, 0) is 12.8 Å². The first kappa shape index (κ1) is 15.5. The standard InChI is InChI=1S/C13H22N4O2S2/c18-12(10-5-20-7-14-10)16-9-1-3-17(4-2-9)13(19)11-6-21-8-15-11/h9-11,14-15H,1-8H2,(H,16,18). The zero-order valence-electron chi connectivity index (χ0n) is 12.0. The molecule has 3 saturated heterocycles. The van der Waals surface area contributed by atoms with Crippen LogP contribution < -0.4 is 16.0 Å². The zero-order valence-corrected chi connectivity index (χ0v) is 13.6. The lowest BCUT2D eigenvalue weighted by molar-refractivity contribution is -0.133. The third-order valence-corrected chi connectivity index (χ3v) is 6.08. The lowest BCUT2D eigenvalue weighted by Gasteiger charge is -2.34. The van der Waals surface area contributed by atoms with Gasteiger partial charge in [0.15, 0.2) is 0 Å². The number of thioether (sulfide) groups is 2. The SMILES string of the molecule is O=C(NC1CCN(C(=O)C2CSCN2)CC1)C1CSCN1. The maximum atomic E-state index is 12.3. The molecule has 8 heteroatoms. The van der Waals surface area contributed by atoms with Crippen LogP contribution in [0.3, 0.4) is 0 Å². The maximum Gasteiger partial charge on any atom is 0.240 e. The Bertz CT molecular complexity index is 390. The summed E-state index contributed by atoms with van der Waals surface area (Å²) < 4.78 is 0. The maximum absolute atomic E-state index is 12.3. The number of nitrogens with zero attached hydrogens (tertiary/aromatic N) is 1. The number of hydrogen-bond acceptors (Lipinski definition) is 6. The number of nitrogens with one attached hydrogen (secondary N) is 3. The van der Waals surface area contributed by atoms with Crippen molar-refractivity contribution in [2.45, 2.75) is 31.0 Å². The van der Waals surface area contributed by atoms with Gasteiger partial charge >= 0.3 is 0 Å². The van der Waals surface area contributed by atoms with Crippen LogP contribution in [0.5, 0.6) is 0 Å². The third kappa shape index (κ3) is 3.85. The predicted molar refractivity (Wildman–Crippen MR) is 86.2 cm³/mol. The molecular weight excluding hydrogens is 308 g/mol. The molecular formula is C13H22N4O2S2. The van der Waals surface area contributed by atoms with E-state index in [0.717, 1.165) is 49.2 Å². The molecule has 0 aromatic carbocycles. The van der Waals surface area contributed by atoms with Crippen LogP contribution in [-0.2, 0) is 9.59 Å². The van der Waals surface area contributed by atoms with Crippen molar-refractivity contribution >= 4 is 35.3 Å². The summed E-state index contributed by atoms with van der Waals surface area (Å²) in [5, 5.41) is 9.53. The number of carbonyl (C=O) groups is 2. The summed E-state index contributed by atoms with van der Waals surface area (Å²) in [4.78, 5) is 26.3. The summed E-state index contributed by atoms with van der Waals surface area (Å²) in [5.74, 6) is 3.79. The fraction of sp³-hybridized carbons (Fsp3) is 0.846. The van der Waals surface area contributed by atoms with E-state index in [1.807, 2.05) is 4.90 Å². The van der Waals surface area contributed by atoms with Gasteiger partial charge in [0, 0.05) is 42.4 Å². The van der Waals surface area contributed by atoms with E-state index in [2.05, 4.69) is 16.0 Å². The zero-order chi connectivity index (χ0) is 14.7. The molecule has 3 aliphatic heterocycles. The molecule has 3 rings (SSSR count). The Kier molecular flexibility index (Phi) is 5.31. The molecule has 3 fully saturated rings. The molecule has 21 heavy (non-hydrogen) atoms. The highest BCUT2D eigenvalue weighted by molar-refractivity contribution is 7.99. The Morgan fingerprint density at radius 3 is 2.19 bits per heavy atom. The van der Waals surface area contributed by atoms with Gasteiger partial charge in [-0.15, -0.1) is 23.5 Å². The van der Waals surface area contributed by atoms with Crippen LogP contribution in [0.15, 0.2) is 0 Å². The van der Waals surface area contributed by atoms with E-state index in [4.69, 9.17) is 0 Å². The van der Waals surface area contributed by atoms with Gasteiger partial charge in [-0.2, -0.15) is 0 Å². The van der Waals surface area contributed by atoms with Gasteiger partial charge in [0.1, 0.15) is 0 Å². The molecule has 2 atom stereocenters. The molecule has 0 aromatic rings. The third-order valence-electron chi connectivity index (χ3n) is 4.20. The van der Waals surface area contributed by atoms with Crippen LogP contribution in [0.25, 0.3) is 0 Å². The van der Waals surface area contributed by atoms with Crippen LogP contribution in [0.2, 0.25) is 0 Å². The van der Waals surface area contributed by atoms with Crippen molar-refractivity contribution in [3.63, 3.8) is 0 Å². The van der Waals surface area contributed by atoms with Gasteiger partial charge in [-0.1, -0.05) is 0 Å². The topological polar surface area (TPSA) is 73.5 Å². The van der Waals surface area contributed by atoms with Crippen LogP contribution in [-0.4, -0.2) is 71.2 Å². The molecule has 2 unspecified atom stereocenters. The Morgan fingerprint density at radius 2 is 1.62 bits per heavy atom. The largest absolute Gasteiger partial charge is 0.352 e. The summed E-state index contributed by atoms with van der Waals surface area (Å²) in [6.45, 7) is 1.50. The van der Waals surface area contributed by atoms with Crippen molar-refractivity contribution in [3.8, 4) is 0 Å². The lowest BCUT2D eigenvalue weighted by Crippen LogP contribution is -2.53. The van der Waals surface area contributed by atoms with Crippen molar-refractivity contribution in [1.29, 1.82) is 0 Å². The number of amides is 2. The fourth-order valence-corrected chi connectivity index (χ4v) is 4.76. The van der Waals surface area contributed by atoms with Crippen LogP contribution in [0.1, 0.15) is 12.8 Å². The Labute approximate surface area is 133 Å². The van der Waals surface area contributed by atoms with E-state index in [-0.39, 0.29) is 29.9 Å². The van der Waals surface area contributed by atoms with Gasteiger partial charge in [0.2, 0.25) is 11.8 Å². The second-order valence-corrected chi connectivity index (χ2v) is 7.71. The molecule has 0 spiro atoms. The second kappa shape index (κ2) is 7.21. The van der Waals surface area contributed by atoms with E-state index < -0.39 is 0 Å². The second-order valence-electron chi connectivity index (χ2n) is 5.65. The Balaban J connectivity index is 1.42. The summed E-state index contributed by atoms with van der Waals surface area (Å²) in [6.07, 6.45) is 1.72. The first-order valence-electron chi connectivity index (χ1n) is 7.45. The molecule has 0 radical (unpaired) electrons. The van der Waals surface area contributed by atoms with Crippen LogP contribution in [0.4, 0.5) is 0 Å². The number of carbonyl (C=O) groups excluding carboxylic acids is 2. The Hall–Kier alpha value is -0.440. The predicted octanol–water partition coefficient (Wildman–Crippen LogP) is -0.581. The molecule has 2 amide bonds. The molecule has 3 aliphatic rings. The molecule has 6 nitrogen and oxygen atoms in total. The quantitative estimate of drug-likeness (QED) is 0.643. The van der Waals surface area contributed by atoms with E-state index in [9.17, 15) is 9.59 Å². The minimum Gasteiger partial charge on any atom is -0.352 e. The lowest BCUT2D eigenvalue weighted by atomic mass is 10.0. The van der Waals surface area contributed by atoms with Gasteiger partial charge in [-0.3, -0.25) is 20.2 Å². The van der Waals surface area contributed by atoms with E-state index in [1.54, 1.807) is 23.5 Å². The van der Waals surface area contributed by atoms with E-state index >= 15 is 0 Å². The average molecular weight is 330 g/mol. The van der Waals surface area contributed by atoms with Gasteiger partial charge in [0.25, 0.3) is 0 Å². The van der Waals surface area contributed by atoms with Gasteiger partial charge in [-0.25, -0.2) is 0 Å². The summed E-state index contributed by atoms with van der Waals surface area (Å²) in [6, 6.07) is 0.148. The van der Waals surface area contributed by atoms with E-state index in [0.29, 0.717) is 0 Å². The Morgan fingerprint density at radius 1 is 1.00 bits per heavy atom. The number of hydrogen-bond donors (Lipinski definition) is 3. The molecule has 0 saturated carbocycles.